The Morgan fingerprint density at radius 2 is 1.86 bits per heavy atom. The van der Waals surface area contributed by atoms with Gasteiger partial charge < -0.3 is 10.6 Å². The molecule has 6 nitrogen and oxygen atoms in total. The molecule has 2 aromatic carbocycles. The number of para-hydroxylation sites is 1. The van der Waals surface area contributed by atoms with Crippen molar-refractivity contribution in [2.24, 2.45) is 0 Å². The molecular weight excluding hydrogens is 270 g/mol. The molecule has 0 fully saturated rings. The number of anilines is 1. The molecule has 1 amide bonds. The van der Waals surface area contributed by atoms with Crippen LogP contribution in [0.5, 0.6) is 0 Å². The molecule has 0 bridgehead atoms. The van der Waals surface area contributed by atoms with Crippen LogP contribution in [0.3, 0.4) is 0 Å². The van der Waals surface area contributed by atoms with Gasteiger partial charge in [0.05, 0.1) is 10.5 Å². The summed E-state index contributed by atoms with van der Waals surface area (Å²) in [7, 11) is 1.55. The summed E-state index contributed by atoms with van der Waals surface area (Å²) in [5.41, 5.74) is 1.31. The quantitative estimate of drug-likeness (QED) is 0.653. The van der Waals surface area contributed by atoms with Crippen molar-refractivity contribution in [3.63, 3.8) is 0 Å². The number of carbonyl (C=O) groups is 1. The molecular formula is C15H15N3O3. The van der Waals surface area contributed by atoms with Crippen molar-refractivity contribution < 1.29 is 9.72 Å². The SMILES string of the molecule is CNc1c(C(=O)NCc2ccccc2)cccc1[N+](=O)[O-]. The maximum atomic E-state index is 12.2. The van der Waals surface area contributed by atoms with Crippen LogP contribution in [0.25, 0.3) is 0 Å². The lowest BCUT2D eigenvalue weighted by Gasteiger charge is -2.10. The highest BCUT2D eigenvalue weighted by Gasteiger charge is 2.20. The summed E-state index contributed by atoms with van der Waals surface area (Å²) in [6.45, 7) is 0.367. The van der Waals surface area contributed by atoms with Gasteiger partial charge in [-0.15, -0.1) is 0 Å². The fourth-order valence-corrected chi connectivity index (χ4v) is 2.02. The van der Waals surface area contributed by atoms with Gasteiger partial charge in [-0.1, -0.05) is 36.4 Å². The number of nitro groups is 1. The summed E-state index contributed by atoms with van der Waals surface area (Å²) < 4.78 is 0. The van der Waals surface area contributed by atoms with Gasteiger partial charge in [-0.2, -0.15) is 0 Å². The third-order valence-corrected chi connectivity index (χ3v) is 3.03. The van der Waals surface area contributed by atoms with Crippen LogP contribution in [0.4, 0.5) is 11.4 Å². The number of amides is 1. The lowest BCUT2D eigenvalue weighted by Crippen LogP contribution is -2.24. The van der Waals surface area contributed by atoms with Crippen LogP contribution in [0.15, 0.2) is 48.5 Å². The number of benzene rings is 2. The average Bonchev–Trinajstić information content (AvgIpc) is 2.52. The van der Waals surface area contributed by atoms with Gasteiger partial charge in [0.1, 0.15) is 5.69 Å². The molecule has 2 rings (SSSR count). The number of rotatable bonds is 5. The number of nitrogens with zero attached hydrogens (tertiary/aromatic N) is 1. The van der Waals surface area contributed by atoms with Gasteiger partial charge in [-0.25, -0.2) is 0 Å². The Bertz CT molecular complexity index is 656. The Morgan fingerprint density at radius 1 is 1.14 bits per heavy atom. The van der Waals surface area contributed by atoms with Crippen molar-refractivity contribution in [1.29, 1.82) is 0 Å². The summed E-state index contributed by atoms with van der Waals surface area (Å²) in [4.78, 5) is 22.7. The molecule has 0 saturated heterocycles. The number of nitro benzene ring substituents is 1. The minimum absolute atomic E-state index is 0.120. The Kier molecular flexibility index (Phi) is 4.50. The van der Waals surface area contributed by atoms with Gasteiger partial charge in [-0.05, 0) is 11.6 Å². The van der Waals surface area contributed by atoms with Crippen molar-refractivity contribution in [3.05, 3.63) is 69.8 Å². The molecule has 0 aliphatic heterocycles. The van der Waals surface area contributed by atoms with Gasteiger partial charge in [-0.3, -0.25) is 14.9 Å². The molecule has 21 heavy (non-hydrogen) atoms. The zero-order chi connectivity index (χ0) is 15.2. The molecule has 0 aromatic heterocycles. The Hall–Kier alpha value is -2.89. The summed E-state index contributed by atoms with van der Waals surface area (Å²) in [5.74, 6) is -0.355. The predicted molar refractivity (Wildman–Crippen MR) is 80.3 cm³/mol. The standard InChI is InChI=1S/C15H15N3O3/c1-16-14-12(8-5-9-13(14)18(20)21)15(19)17-10-11-6-3-2-4-7-11/h2-9,16H,10H2,1H3,(H,17,19). The van der Waals surface area contributed by atoms with Crippen molar-refractivity contribution in [2.45, 2.75) is 6.54 Å². The zero-order valence-corrected chi connectivity index (χ0v) is 11.5. The molecule has 0 radical (unpaired) electrons. The van der Waals surface area contributed by atoms with E-state index in [4.69, 9.17) is 0 Å². The second-order valence-electron chi connectivity index (χ2n) is 4.38. The molecule has 6 heteroatoms. The Labute approximate surface area is 121 Å². The molecule has 0 aliphatic rings. The van der Waals surface area contributed by atoms with Crippen molar-refractivity contribution in [2.75, 3.05) is 12.4 Å². The second-order valence-corrected chi connectivity index (χ2v) is 4.38. The number of hydrogen-bond donors (Lipinski definition) is 2. The molecule has 2 aromatic rings. The highest BCUT2D eigenvalue weighted by atomic mass is 16.6. The fourth-order valence-electron chi connectivity index (χ4n) is 2.02. The van der Waals surface area contributed by atoms with E-state index in [1.807, 2.05) is 30.3 Å². The van der Waals surface area contributed by atoms with Crippen LogP contribution >= 0.6 is 0 Å². The van der Waals surface area contributed by atoms with E-state index in [-0.39, 0.29) is 22.8 Å². The van der Waals surface area contributed by atoms with E-state index in [1.54, 1.807) is 13.1 Å². The molecule has 0 aliphatic carbocycles. The summed E-state index contributed by atoms with van der Waals surface area (Å²) >= 11 is 0. The molecule has 2 N–H and O–H groups in total. The smallest absolute Gasteiger partial charge is 0.293 e. The van der Waals surface area contributed by atoms with Gasteiger partial charge in [0, 0.05) is 19.7 Å². The van der Waals surface area contributed by atoms with E-state index in [0.717, 1.165) is 5.56 Å². The van der Waals surface area contributed by atoms with E-state index in [9.17, 15) is 14.9 Å². The lowest BCUT2D eigenvalue weighted by atomic mass is 10.1. The van der Waals surface area contributed by atoms with E-state index < -0.39 is 4.92 Å². The van der Waals surface area contributed by atoms with Gasteiger partial charge >= 0.3 is 0 Å². The first kappa shape index (κ1) is 14.5. The van der Waals surface area contributed by atoms with Crippen molar-refractivity contribution in [3.8, 4) is 0 Å². The highest BCUT2D eigenvalue weighted by molar-refractivity contribution is 6.01. The lowest BCUT2D eigenvalue weighted by molar-refractivity contribution is -0.384. The molecule has 108 valence electrons. The largest absolute Gasteiger partial charge is 0.382 e. The summed E-state index contributed by atoms with van der Waals surface area (Å²) in [6.07, 6.45) is 0. The van der Waals surface area contributed by atoms with Crippen LogP contribution < -0.4 is 10.6 Å². The van der Waals surface area contributed by atoms with Gasteiger partial charge in [0.15, 0.2) is 0 Å². The molecule has 0 heterocycles. The fraction of sp³-hybridized carbons (Fsp3) is 0.133. The molecule has 0 saturated carbocycles. The molecule has 0 unspecified atom stereocenters. The number of carbonyl (C=O) groups excluding carboxylic acids is 1. The molecule has 0 spiro atoms. The third-order valence-electron chi connectivity index (χ3n) is 3.03. The van der Waals surface area contributed by atoms with Crippen LogP contribution in [-0.2, 0) is 6.54 Å². The zero-order valence-electron chi connectivity index (χ0n) is 11.5. The minimum atomic E-state index is -0.514. The van der Waals surface area contributed by atoms with Gasteiger partial charge in [0.2, 0.25) is 0 Å². The van der Waals surface area contributed by atoms with E-state index in [1.165, 1.54) is 12.1 Å². The first-order chi connectivity index (χ1) is 10.1. The van der Waals surface area contributed by atoms with Crippen LogP contribution in [-0.4, -0.2) is 17.9 Å². The Morgan fingerprint density at radius 3 is 2.48 bits per heavy atom. The average molecular weight is 285 g/mol. The van der Waals surface area contributed by atoms with Crippen LogP contribution in [0, 0.1) is 10.1 Å². The number of nitrogens with one attached hydrogen (secondary N) is 2. The maximum absolute atomic E-state index is 12.2. The predicted octanol–water partition coefficient (Wildman–Crippen LogP) is 2.57. The minimum Gasteiger partial charge on any atom is -0.382 e. The monoisotopic (exact) mass is 285 g/mol. The third kappa shape index (κ3) is 3.36. The van der Waals surface area contributed by atoms with Gasteiger partial charge in [0.25, 0.3) is 11.6 Å². The van der Waals surface area contributed by atoms with Crippen molar-refractivity contribution >= 4 is 17.3 Å². The van der Waals surface area contributed by atoms with E-state index >= 15 is 0 Å². The van der Waals surface area contributed by atoms with Crippen molar-refractivity contribution in [1.82, 2.24) is 5.32 Å². The molecule has 0 atom stereocenters. The number of hydrogen-bond acceptors (Lipinski definition) is 4. The summed E-state index contributed by atoms with van der Waals surface area (Å²) in [6, 6.07) is 13.9. The summed E-state index contributed by atoms with van der Waals surface area (Å²) in [5, 5.41) is 16.4. The van der Waals surface area contributed by atoms with Crippen LogP contribution in [0.1, 0.15) is 15.9 Å². The Balaban J connectivity index is 2.19. The second kappa shape index (κ2) is 6.51. The van der Waals surface area contributed by atoms with E-state index in [2.05, 4.69) is 10.6 Å². The normalized spacial score (nSPS) is 9.95. The highest BCUT2D eigenvalue weighted by Crippen LogP contribution is 2.27. The van der Waals surface area contributed by atoms with Crippen LogP contribution in [0.2, 0.25) is 0 Å². The topological polar surface area (TPSA) is 84.3 Å². The first-order valence-electron chi connectivity index (χ1n) is 6.40. The maximum Gasteiger partial charge on any atom is 0.293 e. The first-order valence-corrected chi connectivity index (χ1v) is 6.40. The van der Waals surface area contributed by atoms with E-state index in [0.29, 0.717) is 6.54 Å².